The van der Waals surface area contributed by atoms with E-state index >= 15 is 0 Å². The number of nitrogens with one attached hydrogen (secondary N) is 2. The van der Waals surface area contributed by atoms with E-state index < -0.39 is 0 Å². The molecule has 0 aliphatic carbocycles. The highest BCUT2D eigenvalue weighted by molar-refractivity contribution is 5.94. The Hall–Kier alpha value is -4.27. The lowest BCUT2D eigenvalue weighted by molar-refractivity contribution is 0.0955. The summed E-state index contributed by atoms with van der Waals surface area (Å²) in [5, 5.41) is 6.10. The van der Waals surface area contributed by atoms with Crippen molar-refractivity contribution in [3.8, 4) is 17.6 Å². The molecule has 0 aliphatic rings. The lowest BCUT2D eigenvalue weighted by Crippen LogP contribution is -2.28. The van der Waals surface area contributed by atoms with Gasteiger partial charge in [-0.05, 0) is 49.4 Å². The molecule has 0 saturated heterocycles. The maximum absolute atomic E-state index is 12.4. The van der Waals surface area contributed by atoms with Crippen LogP contribution in [0.15, 0.2) is 73.3 Å². The minimum absolute atomic E-state index is 0.170. The lowest BCUT2D eigenvalue weighted by Gasteiger charge is -2.10. The first-order valence-corrected chi connectivity index (χ1v) is 9.73. The van der Waals surface area contributed by atoms with Gasteiger partial charge in [-0.3, -0.25) is 4.79 Å². The Morgan fingerprint density at radius 2 is 1.74 bits per heavy atom. The summed E-state index contributed by atoms with van der Waals surface area (Å²) in [6.45, 7) is 2.81. The molecule has 1 amide bonds. The van der Waals surface area contributed by atoms with Gasteiger partial charge in [-0.25, -0.2) is 19.9 Å². The Morgan fingerprint density at radius 3 is 2.48 bits per heavy atom. The largest absolute Gasteiger partial charge is 0.424 e. The standard InChI is InChI=1S/C22H21N7O2/c1-16-27-19(15-20(28-16)29-13-2-3-14-29)23-11-12-24-21(30)17-5-7-18(8-6-17)31-22-25-9-4-10-26-22/h2-10,13-15H,11-12H2,1H3,(H,24,30)(H,23,27,28). The van der Waals surface area contributed by atoms with Crippen LogP contribution in [0.2, 0.25) is 0 Å². The molecule has 0 aliphatic heterocycles. The highest BCUT2D eigenvalue weighted by Gasteiger charge is 2.07. The Labute approximate surface area is 179 Å². The van der Waals surface area contributed by atoms with Crippen molar-refractivity contribution < 1.29 is 9.53 Å². The number of carbonyl (C=O) groups excluding carboxylic acids is 1. The minimum Gasteiger partial charge on any atom is -0.424 e. The minimum atomic E-state index is -0.170. The highest BCUT2D eigenvalue weighted by atomic mass is 16.5. The van der Waals surface area contributed by atoms with Gasteiger partial charge in [0.1, 0.15) is 23.2 Å². The molecule has 9 heteroatoms. The van der Waals surface area contributed by atoms with Crippen molar-refractivity contribution in [3.05, 3.63) is 84.7 Å². The summed E-state index contributed by atoms with van der Waals surface area (Å²) in [7, 11) is 0. The van der Waals surface area contributed by atoms with E-state index in [2.05, 4.69) is 30.6 Å². The number of hydrogen-bond acceptors (Lipinski definition) is 7. The molecule has 0 radical (unpaired) electrons. The molecule has 3 aromatic heterocycles. The second kappa shape index (κ2) is 9.49. The Balaban J connectivity index is 1.27. The quantitative estimate of drug-likeness (QED) is 0.426. The van der Waals surface area contributed by atoms with Gasteiger partial charge in [-0.1, -0.05) is 0 Å². The van der Waals surface area contributed by atoms with Crippen molar-refractivity contribution in [2.24, 2.45) is 0 Å². The molecule has 0 spiro atoms. The summed E-state index contributed by atoms with van der Waals surface area (Å²) in [5.74, 6) is 2.54. The van der Waals surface area contributed by atoms with Crippen LogP contribution in [-0.2, 0) is 0 Å². The second-order valence-corrected chi connectivity index (χ2v) is 6.59. The topological polar surface area (TPSA) is 107 Å². The van der Waals surface area contributed by atoms with E-state index in [-0.39, 0.29) is 11.9 Å². The van der Waals surface area contributed by atoms with Gasteiger partial charge in [-0.15, -0.1) is 0 Å². The van der Waals surface area contributed by atoms with Crippen LogP contribution in [0, 0.1) is 6.92 Å². The van der Waals surface area contributed by atoms with Crippen LogP contribution in [0.25, 0.3) is 5.82 Å². The third kappa shape index (κ3) is 5.41. The molecule has 0 atom stereocenters. The number of benzene rings is 1. The summed E-state index contributed by atoms with van der Waals surface area (Å²) in [4.78, 5) is 29.2. The smallest absolute Gasteiger partial charge is 0.321 e. The van der Waals surface area contributed by atoms with Gasteiger partial charge < -0.3 is 19.9 Å². The van der Waals surface area contributed by atoms with Crippen molar-refractivity contribution in [1.29, 1.82) is 0 Å². The van der Waals surface area contributed by atoms with Gasteiger partial charge >= 0.3 is 6.01 Å². The fraction of sp³-hybridized carbons (Fsp3) is 0.136. The van der Waals surface area contributed by atoms with E-state index in [0.29, 0.717) is 36.0 Å². The maximum atomic E-state index is 12.4. The van der Waals surface area contributed by atoms with Crippen LogP contribution in [0.3, 0.4) is 0 Å². The molecule has 3 heterocycles. The van der Waals surface area contributed by atoms with Crippen molar-refractivity contribution in [2.75, 3.05) is 18.4 Å². The van der Waals surface area contributed by atoms with E-state index in [9.17, 15) is 4.79 Å². The number of aromatic nitrogens is 5. The van der Waals surface area contributed by atoms with Crippen LogP contribution >= 0.6 is 0 Å². The highest BCUT2D eigenvalue weighted by Crippen LogP contribution is 2.17. The van der Waals surface area contributed by atoms with E-state index in [1.165, 1.54) is 0 Å². The summed E-state index contributed by atoms with van der Waals surface area (Å²) in [6, 6.07) is 14.5. The summed E-state index contributed by atoms with van der Waals surface area (Å²) in [6.07, 6.45) is 7.05. The Morgan fingerprint density at radius 1 is 1.00 bits per heavy atom. The van der Waals surface area contributed by atoms with Crippen LogP contribution in [0.5, 0.6) is 11.8 Å². The third-order valence-corrected chi connectivity index (χ3v) is 4.28. The van der Waals surface area contributed by atoms with Crippen molar-refractivity contribution in [2.45, 2.75) is 6.92 Å². The molecule has 0 fully saturated rings. The first-order valence-electron chi connectivity index (χ1n) is 9.73. The van der Waals surface area contributed by atoms with Gasteiger partial charge in [0.25, 0.3) is 5.91 Å². The van der Waals surface area contributed by atoms with E-state index in [0.717, 1.165) is 5.82 Å². The molecule has 0 bridgehead atoms. The van der Waals surface area contributed by atoms with Gasteiger partial charge in [0.05, 0.1) is 0 Å². The summed E-state index contributed by atoms with van der Waals surface area (Å²) in [5.41, 5.74) is 0.536. The van der Waals surface area contributed by atoms with E-state index in [4.69, 9.17) is 4.74 Å². The molecule has 1 aromatic carbocycles. The van der Waals surface area contributed by atoms with Crippen molar-refractivity contribution in [1.82, 2.24) is 29.8 Å². The average Bonchev–Trinajstić information content (AvgIpc) is 3.33. The molecule has 4 aromatic rings. The Bertz CT molecular complexity index is 1130. The number of ether oxygens (including phenoxy) is 1. The molecule has 156 valence electrons. The molecule has 0 saturated carbocycles. The van der Waals surface area contributed by atoms with Crippen LogP contribution in [-0.4, -0.2) is 43.5 Å². The zero-order chi connectivity index (χ0) is 21.5. The molecule has 2 N–H and O–H groups in total. The maximum Gasteiger partial charge on any atom is 0.321 e. The van der Waals surface area contributed by atoms with Crippen LogP contribution in [0.4, 0.5) is 5.82 Å². The molecular weight excluding hydrogens is 394 g/mol. The van der Waals surface area contributed by atoms with E-state index in [1.807, 2.05) is 42.1 Å². The third-order valence-electron chi connectivity index (χ3n) is 4.28. The average molecular weight is 415 g/mol. The van der Waals surface area contributed by atoms with Crippen molar-refractivity contribution >= 4 is 11.7 Å². The number of amides is 1. The zero-order valence-electron chi connectivity index (χ0n) is 16.9. The van der Waals surface area contributed by atoms with Gasteiger partial charge in [0.2, 0.25) is 0 Å². The second-order valence-electron chi connectivity index (χ2n) is 6.59. The predicted molar refractivity (Wildman–Crippen MR) is 115 cm³/mol. The first kappa shape index (κ1) is 20.0. The summed E-state index contributed by atoms with van der Waals surface area (Å²) >= 11 is 0. The zero-order valence-corrected chi connectivity index (χ0v) is 16.9. The monoisotopic (exact) mass is 415 g/mol. The normalized spacial score (nSPS) is 10.5. The fourth-order valence-corrected chi connectivity index (χ4v) is 2.85. The summed E-state index contributed by atoms with van der Waals surface area (Å²) < 4.78 is 7.44. The number of anilines is 1. The van der Waals surface area contributed by atoms with Crippen LogP contribution in [0.1, 0.15) is 16.2 Å². The SMILES string of the molecule is Cc1nc(NCCNC(=O)c2ccc(Oc3ncccn3)cc2)cc(-n2cccc2)n1. The molecule has 4 rings (SSSR count). The number of rotatable bonds is 8. The van der Waals surface area contributed by atoms with Crippen LogP contribution < -0.4 is 15.4 Å². The van der Waals surface area contributed by atoms with Gasteiger partial charge in [-0.2, -0.15) is 0 Å². The molecule has 9 nitrogen and oxygen atoms in total. The van der Waals surface area contributed by atoms with Crippen molar-refractivity contribution in [3.63, 3.8) is 0 Å². The van der Waals surface area contributed by atoms with Gasteiger partial charge in [0, 0.05) is 49.5 Å². The molecular formula is C22H21N7O2. The van der Waals surface area contributed by atoms with E-state index in [1.54, 1.807) is 42.7 Å². The van der Waals surface area contributed by atoms with Gasteiger partial charge in [0.15, 0.2) is 0 Å². The number of nitrogens with zero attached hydrogens (tertiary/aromatic N) is 5. The fourth-order valence-electron chi connectivity index (χ4n) is 2.85. The number of aryl methyl sites for hydroxylation is 1. The molecule has 0 unspecified atom stereocenters. The first-order chi connectivity index (χ1) is 15.2. The number of carbonyl (C=O) groups is 1. The predicted octanol–water partition coefficient (Wildman–Crippen LogP) is 3.00. The Kier molecular flexibility index (Phi) is 6.13. The molecule has 31 heavy (non-hydrogen) atoms. The number of hydrogen-bond donors (Lipinski definition) is 2. The lowest BCUT2D eigenvalue weighted by atomic mass is 10.2.